The molecule has 0 amide bonds. The van der Waals surface area contributed by atoms with Gasteiger partial charge in [-0.1, -0.05) is 29.5 Å². The summed E-state index contributed by atoms with van der Waals surface area (Å²) < 4.78 is 0.804. The molecule has 3 aromatic rings. The van der Waals surface area contributed by atoms with E-state index in [1.165, 1.54) is 24.3 Å². The molecule has 7 nitrogen and oxygen atoms in total. The third kappa shape index (κ3) is 2.47. The minimum Gasteiger partial charge on any atom is -0.349 e. The standard InChI is InChI=1S/C14H9N3O4S/c18-16(19)10-7-5-9(6-8-10)15-13-11-3-1-2-4-12(11)22-14(13)17(20)21/h1-8,15H. The van der Waals surface area contributed by atoms with Crippen molar-refractivity contribution in [2.75, 3.05) is 5.32 Å². The lowest BCUT2D eigenvalue weighted by atomic mass is 10.2. The molecule has 0 aliphatic heterocycles. The smallest absolute Gasteiger partial charge is 0.348 e. The normalized spacial score (nSPS) is 10.5. The predicted molar refractivity (Wildman–Crippen MR) is 84.9 cm³/mol. The van der Waals surface area contributed by atoms with Gasteiger partial charge in [0.25, 0.3) is 5.69 Å². The average molecular weight is 315 g/mol. The molecule has 8 heteroatoms. The van der Waals surface area contributed by atoms with Gasteiger partial charge in [0.2, 0.25) is 0 Å². The lowest BCUT2D eigenvalue weighted by Gasteiger charge is -2.04. The number of thiophene rings is 1. The van der Waals surface area contributed by atoms with Crippen LogP contribution < -0.4 is 5.32 Å². The van der Waals surface area contributed by atoms with Gasteiger partial charge in [0.15, 0.2) is 0 Å². The molecule has 110 valence electrons. The Morgan fingerprint density at radius 3 is 2.23 bits per heavy atom. The first-order valence-electron chi connectivity index (χ1n) is 6.23. The minimum atomic E-state index is -0.494. The fraction of sp³-hybridized carbons (Fsp3) is 0. The van der Waals surface area contributed by atoms with Gasteiger partial charge in [-0.25, -0.2) is 0 Å². The molecule has 1 heterocycles. The first kappa shape index (κ1) is 14.0. The van der Waals surface area contributed by atoms with Gasteiger partial charge in [-0.2, -0.15) is 0 Å². The summed E-state index contributed by atoms with van der Waals surface area (Å²) in [5, 5.41) is 25.6. The molecule has 0 radical (unpaired) electrons. The van der Waals surface area contributed by atoms with E-state index in [0.717, 1.165) is 21.4 Å². The lowest BCUT2D eigenvalue weighted by molar-refractivity contribution is -0.384. The molecule has 0 saturated heterocycles. The van der Waals surface area contributed by atoms with Crippen LogP contribution in [-0.4, -0.2) is 9.85 Å². The number of nitrogens with zero attached hydrogens (tertiary/aromatic N) is 2. The van der Waals surface area contributed by atoms with Crippen LogP contribution in [0.5, 0.6) is 0 Å². The molecular formula is C14H9N3O4S. The average Bonchev–Trinajstić information content (AvgIpc) is 2.87. The molecule has 0 spiro atoms. The summed E-state index contributed by atoms with van der Waals surface area (Å²) in [4.78, 5) is 20.9. The Balaban J connectivity index is 2.04. The Morgan fingerprint density at radius 1 is 0.909 bits per heavy atom. The first-order chi connectivity index (χ1) is 10.6. The van der Waals surface area contributed by atoms with Gasteiger partial charge >= 0.3 is 5.00 Å². The number of benzene rings is 2. The van der Waals surface area contributed by atoms with Gasteiger partial charge < -0.3 is 5.32 Å². The maximum absolute atomic E-state index is 11.2. The van der Waals surface area contributed by atoms with Crippen LogP contribution >= 0.6 is 11.3 Å². The number of nitrogens with one attached hydrogen (secondary N) is 1. The van der Waals surface area contributed by atoms with Crippen molar-refractivity contribution in [3.05, 3.63) is 68.8 Å². The number of hydrogen-bond donors (Lipinski definition) is 1. The zero-order chi connectivity index (χ0) is 15.7. The summed E-state index contributed by atoms with van der Waals surface area (Å²) in [6.07, 6.45) is 0. The van der Waals surface area contributed by atoms with Crippen molar-refractivity contribution in [2.45, 2.75) is 0 Å². The van der Waals surface area contributed by atoms with Gasteiger partial charge in [-0.15, -0.1) is 0 Å². The minimum absolute atomic E-state index is 0.0135. The summed E-state index contributed by atoms with van der Waals surface area (Å²) >= 11 is 1.09. The van der Waals surface area contributed by atoms with Crippen LogP contribution in [0.1, 0.15) is 0 Å². The number of nitro benzene ring substituents is 1. The Morgan fingerprint density at radius 2 is 1.59 bits per heavy atom. The van der Waals surface area contributed by atoms with E-state index >= 15 is 0 Å². The van der Waals surface area contributed by atoms with E-state index in [0.29, 0.717) is 11.4 Å². The summed E-state index contributed by atoms with van der Waals surface area (Å²) in [6, 6.07) is 13.0. The fourth-order valence-corrected chi connectivity index (χ4v) is 3.07. The zero-order valence-corrected chi connectivity index (χ0v) is 11.9. The van der Waals surface area contributed by atoms with Crippen molar-refractivity contribution < 1.29 is 9.85 Å². The topological polar surface area (TPSA) is 98.3 Å². The highest BCUT2D eigenvalue weighted by Gasteiger charge is 2.21. The van der Waals surface area contributed by atoms with E-state index in [-0.39, 0.29) is 10.7 Å². The molecule has 1 aromatic heterocycles. The Labute approximate surface area is 128 Å². The SMILES string of the molecule is O=[N+]([O-])c1ccc(Nc2c([N+](=O)[O-])sc3ccccc23)cc1. The lowest BCUT2D eigenvalue weighted by Crippen LogP contribution is -1.94. The second-order valence-electron chi connectivity index (χ2n) is 4.46. The van der Waals surface area contributed by atoms with Crippen molar-refractivity contribution in [1.29, 1.82) is 0 Å². The van der Waals surface area contributed by atoms with Gasteiger partial charge in [-0.3, -0.25) is 20.2 Å². The van der Waals surface area contributed by atoms with Gasteiger partial charge in [0.1, 0.15) is 5.69 Å². The Kier molecular flexibility index (Phi) is 3.43. The van der Waals surface area contributed by atoms with Crippen LogP contribution in [0.2, 0.25) is 0 Å². The monoisotopic (exact) mass is 315 g/mol. The highest BCUT2D eigenvalue weighted by molar-refractivity contribution is 7.23. The molecule has 22 heavy (non-hydrogen) atoms. The first-order valence-corrected chi connectivity index (χ1v) is 7.05. The van der Waals surface area contributed by atoms with E-state index < -0.39 is 9.85 Å². The van der Waals surface area contributed by atoms with Crippen molar-refractivity contribution in [1.82, 2.24) is 0 Å². The number of fused-ring (bicyclic) bond motifs is 1. The van der Waals surface area contributed by atoms with Crippen LogP contribution in [0.25, 0.3) is 10.1 Å². The number of nitro groups is 2. The van der Waals surface area contributed by atoms with E-state index in [1.807, 2.05) is 12.1 Å². The van der Waals surface area contributed by atoms with Gasteiger partial charge in [0, 0.05) is 27.9 Å². The highest BCUT2D eigenvalue weighted by Crippen LogP contribution is 2.42. The van der Waals surface area contributed by atoms with Crippen molar-refractivity contribution >= 4 is 43.5 Å². The van der Waals surface area contributed by atoms with Gasteiger partial charge in [-0.05, 0) is 18.2 Å². The summed E-state index contributed by atoms with van der Waals surface area (Å²) in [5.41, 5.74) is 0.923. The molecule has 3 rings (SSSR count). The molecule has 0 aliphatic carbocycles. The van der Waals surface area contributed by atoms with E-state index in [9.17, 15) is 20.2 Å². The van der Waals surface area contributed by atoms with E-state index in [2.05, 4.69) is 5.32 Å². The molecule has 0 aliphatic rings. The zero-order valence-electron chi connectivity index (χ0n) is 11.1. The van der Waals surface area contributed by atoms with Crippen LogP contribution in [0.3, 0.4) is 0 Å². The third-order valence-electron chi connectivity index (χ3n) is 3.09. The molecule has 0 saturated carbocycles. The highest BCUT2D eigenvalue weighted by atomic mass is 32.1. The molecular weight excluding hydrogens is 306 g/mol. The van der Waals surface area contributed by atoms with Crippen molar-refractivity contribution in [3.8, 4) is 0 Å². The number of non-ortho nitro benzene ring substituents is 1. The molecule has 2 aromatic carbocycles. The largest absolute Gasteiger partial charge is 0.349 e. The summed E-state index contributed by atoms with van der Waals surface area (Å²) in [6.45, 7) is 0. The third-order valence-corrected chi connectivity index (χ3v) is 4.21. The maximum Gasteiger partial charge on any atom is 0.348 e. The van der Waals surface area contributed by atoms with Crippen LogP contribution in [-0.2, 0) is 0 Å². The molecule has 0 unspecified atom stereocenters. The fourth-order valence-electron chi connectivity index (χ4n) is 2.09. The second-order valence-corrected chi connectivity index (χ2v) is 5.50. The maximum atomic E-state index is 11.2. The Hall–Kier alpha value is -3.00. The molecule has 0 bridgehead atoms. The molecule has 1 N–H and O–H groups in total. The van der Waals surface area contributed by atoms with E-state index in [1.54, 1.807) is 12.1 Å². The predicted octanol–water partition coefficient (Wildman–Crippen LogP) is 4.46. The number of anilines is 2. The number of rotatable bonds is 4. The van der Waals surface area contributed by atoms with E-state index in [4.69, 9.17) is 0 Å². The summed E-state index contributed by atoms with van der Waals surface area (Å²) in [5.74, 6) is 0. The summed E-state index contributed by atoms with van der Waals surface area (Å²) in [7, 11) is 0. The quantitative estimate of drug-likeness (QED) is 0.566. The van der Waals surface area contributed by atoms with Crippen LogP contribution in [0.15, 0.2) is 48.5 Å². The molecule has 0 fully saturated rings. The second kappa shape index (κ2) is 5.41. The van der Waals surface area contributed by atoms with Crippen LogP contribution in [0.4, 0.5) is 22.1 Å². The van der Waals surface area contributed by atoms with Gasteiger partial charge in [0.05, 0.1) is 9.85 Å². The van der Waals surface area contributed by atoms with Crippen molar-refractivity contribution in [2.24, 2.45) is 0 Å². The van der Waals surface area contributed by atoms with Crippen molar-refractivity contribution in [3.63, 3.8) is 0 Å². The number of hydrogen-bond acceptors (Lipinski definition) is 6. The Bertz CT molecular complexity index is 873. The van der Waals surface area contributed by atoms with Crippen LogP contribution in [0, 0.1) is 20.2 Å². The molecule has 0 atom stereocenters.